The van der Waals surface area contributed by atoms with Crippen LogP contribution >= 0.6 is 24.0 Å². The van der Waals surface area contributed by atoms with Gasteiger partial charge in [0.2, 0.25) is 0 Å². The number of hydrogen-bond acceptors (Lipinski definition) is 4. The summed E-state index contributed by atoms with van der Waals surface area (Å²) in [5, 5.41) is 7.77. The smallest absolute Gasteiger partial charge is 0.309 e. The van der Waals surface area contributed by atoms with Gasteiger partial charge in [-0.1, -0.05) is 24.3 Å². The number of carbonyl (C=O) groups excluding carboxylic acids is 1. The first kappa shape index (κ1) is 23.2. The van der Waals surface area contributed by atoms with Crippen LogP contribution in [0, 0.1) is 5.92 Å². The molecule has 29 heavy (non-hydrogen) atoms. The van der Waals surface area contributed by atoms with Crippen LogP contribution in [0.3, 0.4) is 0 Å². The van der Waals surface area contributed by atoms with Gasteiger partial charge in [-0.2, -0.15) is 5.10 Å². The first-order valence-corrected chi connectivity index (χ1v) is 9.87. The molecule has 2 heterocycles. The summed E-state index contributed by atoms with van der Waals surface area (Å²) < 4.78 is 7.08. The molecule has 0 unspecified atom stereocenters. The molecule has 1 aliphatic heterocycles. The van der Waals surface area contributed by atoms with Crippen molar-refractivity contribution in [3.05, 3.63) is 53.9 Å². The Kier molecular flexibility index (Phi) is 9.43. The van der Waals surface area contributed by atoms with Crippen LogP contribution in [0.1, 0.15) is 30.9 Å². The average Bonchev–Trinajstić information content (AvgIpc) is 3.23. The van der Waals surface area contributed by atoms with Gasteiger partial charge in [-0.3, -0.25) is 14.5 Å². The van der Waals surface area contributed by atoms with Crippen molar-refractivity contribution in [3.8, 4) is 0 Å². The average molecular weight is 511 g/mol. The maximum Gasteiger partial charge on any atom is 0.309 e. The van der Waals surface area contributed by atoms with Crippen LogP contribution in [0.4, 0.5) is 0 Å². The number of carbonyl (C=O) groups is 1. The molecule has 0 bridgehead atoms. The van der Waals surface area contributed by atoms with Crippen LogP contribution in [-0.4, -0.2) is 53.4 Å². The molecule has 7 nitrogen and oxygen atoms in total. The summed E-state index contributed by atoms with van der Waals surface area (Å²) in [7, 11) is 1.80. The van der Waals surface area contributed by atoms with Crippen LogP contribution in [0.2, 0.25) is 0 Å². The van der Waals surface area contributed by atoms with E-state index >= 15 is 0 Å². The number of esters is 1. The monoisotopic (exact) mass is 511 g/mol. The normalized spacial score (nSPS) is 15.0. The number of piperidine rings is 1. The van der Waals surface area contributed by atoms with Gasteiger partial charge in [-0.05, 0) is 37.0 Å². The number of aliphatic imine (C=N–C) groups is 1. The summed E-state index contributed by atoms with van der Waals surface area (Å²) in [6.45, 7) is 5.34. The van der Waals surface area contributed by atoms with Crippen LogP contribution < -0.4 is 5.32 Å². The number of halogens is 1. The Hall–Kier alpha value is -2.10. The van der Waals surface area contributed by atoms with E-state index in [0.29, 0.717) is 13.2 Å². The number of rotatable bonds is 6. The zero-order valence-corrected chi connectivity index (χ0v) is 19.4. The molecule has 1 aromatic carbocycles. The van der Waals surface area contributed by atoms with E-state index in [9.17, 15) is 4.79 Å². The Morgan fingerprint density at radius 1 is 1.24 bits per heavy atom. The van der Waals surface area contributed by atoms with Gasteiger partial charge in [-0.15, -0.1) is 24.0 Å². The molecule has 0 radical (unpaired) electrons. The summed E-state index contributed by atoms with van der Waals surface area (Å²) in [6.07, 6.45) is 5.37. The Morgan fingerprint density at radius 3 is 2.59 bits per heavy atom. The first-order valence-electron chi connectivity index (χ1n) is 9.87. The lowest BCUT2D eigenvalue weighted by Gasteiger charge is -2.33. The van der Waals surface area contributed by atoms with Gasteiger partial charge in [0.15, 0.2) is 5.96 Å². The quantitative estimate of drug-likeness (QED) is 0.280. The second kappa shape index (κ2) is 11.8. The van der Waals surface area contributed by atoms with Gasteiger partial charge in [0.1, 0.15) is 0 Å². The van der Waals surface area contributed by atoms with Gasteiger partial charge in [0.05, 0.1) is 19.1 Å². The summed E-state index contributed by atoms with van der Waals surface area (Å²) in [6, 6.07) is 10.3. The van der Waals surface area contributed by atoms with Crippen molar-refractivity contribution in [2.75, 3.05) is 26.7 Å². The maximum absolute atomic E-state index is 11.9. The lowest BCUT2D eigenvalue weighted by atomic mass is 9.97. The number of benzene rings is 1. The van der Waals surface area contributed by atoms with E-state index in [2.05, 4.69) is 44.6 Å². The highest BCUT2D eigenvalue weighted by atomic mass is 127. The van der Waals surface area contributed by atoms with Crippen LogP contribution in [0.25, 0.3) is 0 Å². The van der Waals surface area contributed by atoms with Crippen molar-refractivity contribution in [1.82, 2.24) is 20.0 Å². The van der Waals surface area contributed by atoms with Crippen LogP contribution in [0.5, 0.6) is 0 Å². The van der Waals surface area contributed by atoms with E-state index < -0.39 is 0 Å². The lowest BCUT2D eigenvalue weighted by Crippen LogP contribution is -2.46. The number of ether oxygens (including phenoxy) is 1. The summed E-state index contributed by atoms with van der Waals surface area (Å²) in [5.74, 6) is 0.804. The lowest BCUT2D eigenvalue weighted by molar-refractivity contribution is -0.149. The van der Waals surface area contributed by atoms with Crippen molar-refractivity contribution in [2.24, 2.45) is 10.9 Å². The maximum atomic E-state index is 11.9. The minimum Gasteiger partial charge on any atom is -0.466 e. The molecule has 1 N–H and O–H groups in total. The molecule has 3 rings (SSSR count). The fourth-order valence-electron chi connectivity index (χ4n) is 3.55. The van der Waals surface area contributed by atoms with Crippen molar-refractivity contribution in [2.45, 2.75) is 32.9 Å². The molecule has 8 heteroatoms. The highest BCUT2D eigenvalue weighted by Gasteiger charge is 2.27. The molecule has 0 spiro atoms. The second-order valence-electron chi connectivity index (χ2n) is 6.89. The Morgan fingerprint density at radius 2 is 1.97 bits per heavy atom. The Bertz CT molecular complexity index is 786. The molecule has 1 aromatic heterocycles. The number of aromatic nitrogens is 2. The van der Waals surface area contributed by atoms with Crippen LogP contribution in [-0.2, 0) is 22.6 Å². The first-order chi connectivity index (χ1) is 13.7. The minimum atomic E-state index is -0.0716. The molecule has 0 saturated carbocycles. The molecular formula is C21H30IN5O2. The molecule has 1 aliphatic rings. The summed E-state index contributed by atoms with van der Waals surface area (Å²) in [4.78, 5) is 18.6. The highest BCUT2D eigenvalue weighted by Crippen LogP contribution is 2.19. The summed E-state index contributed by atoms with van der Waals surface area (Å²) in [5.41, 5.74) is 2.45. The summed E-state index contributed by atoms with van der Waals surface area (Å²) >= 11 is 0. The van der Waals surface area contributed by atoms with Crippen molar-refractivity contribution < 1.29 is 9.53 Å². The Balaban J connectivity index is 0.00000300. The molecule has 0 atom stereocenters. The van der Waals surface area contributed by atoms with Gasteiger partial charge in [0, 0.05) is 39.1 Å². The van der Waals surface area contributed by atoms with E-state index in [0.717, 1.165) is 38.4 Å². The van der Waals surface area contributed by atoms with E-state index in [1.165, 1.54) is 11.1 Å². The van der Waals surface area contributed by atoms with E-state index in [1.54, 1.807) is 13.2 Å². The van der Waals surface area contributed by atoms with Gasteiger partial charge < -0.3 is 15.0 Å². The molecule has 1 fully saturated rings. The van der Waals surface area contributed by atoms with Crippen molar-refractivity contribution in [3.63, 3.8) is 0 Å². The molecule has 158 valence electrons. The molecule has 1 saturated heterocycles. The van der Waals surface area contributed by atoms with E-state index in [4.69, 9.17) is 4.74 Å². The number of nitrogens with zero attached hydrogens (tertiary/aromatic N) is 4. The van der Waals surface area contributed by atoms with Gasteiger partial charge in [0.25, 0.3) is 0 Å². The SMILES string of the molecule is CCOC(=O)C1CCN(C(=NC)NCc2ccccc2Cn2cccn2)CC1.I. The zero-order valence-electron chi connectivity index (χ0n) is 17.1. The van der Waals surface area contributed by atoms with E-state index in [1.807, 2.05) is 23.9 Å². The third kappa shape index (κ3) is 6.45. The molecule has 0 amide bonds. The molecular weight excluding hydrogens is 481 g/mol. The fourth-order valence-corrected chi connectivity index (χ4v) is 3.55. The predicted octanol–water partition coefficient (Wildman–Crippen LogP) is 2.90. The topological polar surface area (TPSA) is 71.8 Å². The van der Waals surface area contributed by atoms with Gasteiger partial charge in [-0.25, -0.2) is 0 Å². The molecule has 0 aliphatic carbocycles. The second-order valence-corrected chi connectivity index (χ2v) is 6.89. The third-order valence-electron chi connectivity index (χ3n) is 5.07. The number of likely N-dealkylation sites (tertiary alicyclic amines) is 1. The highest BCUT2D eigenvalue weighted by molar-refractivity contribution is 14.0. The molecule has 2 aromatic rings. The number of guanidine groups is 1. The largest absolute Gasteiger partial charge is 0.466 e. The standard InChI is InChI=1S/C21H29N5O2.HI/c1-3-28-20(27)17-9-13-25(14-10-17)21(22-2)23-15-18-7-4-5-8-19(18)16-26-12-6-11-24-26;/h4-8,11-12,17H,3,9-10,13-16H2,1-2H3,(H,22,23);1H. The van der Waals surface area contributed by atoms with Crippen LogP contribution in [0.15, 0.2) is 47.7 Å². The van der Waals surface area contributed by atoms with Crippen molar-refractivity contribution >= 4 is 35.9 Å². The Labute approximate surface area is 189 Å². The van der Waals surface area contributed by atoms with E-state index in [-0.39, 0.29) is 35.9 Å². The van der Waals surface area contributed by atoms with Gasteiger partial charge >= 0.3 is 5.97 Å². The fraction of sp³-hybridized carbons (Fsp3) is 0.476. The third-order valence-corrected chi connectivity index (χ3v) is 5.07. The number of nitrogens with one attached hydrogen (secondary N) is 1. The number of hydrogen-bond donors (Lipinski definition) is 1. The minimum absolute atomic E-state index is 0. The predicted molar refractivity (Wildman–Crippen MR) is 124 cm³/mol. The zero-order chi connectivity index (χ0) is 19.8. The van der Waals surface area contributed by atoms with Crippen molar-refractivity contribution in [1.29, 1.82) is 0 Å².